The summed E-state index contributed by atoms with van der Waals surface area (Å²) < 4.78 is 0. The molecule has 0 saturated carbocycles. The van der Waals surface area contributed by atoms with Gasteiger partial charge in [-0.2, -0.15) is 0 Å². The summed E-state index contributed by atoms with van der Waals surface area (Å²) in [6.45, 7) is 7.74. The number of anilines is 1. The lowest BCUT2D eigenvalue weighted by Crippen LogP contribution is -2.45. The standard InChI is InChI=1S/C10H16ClN5S/c1-5(2)16(10(12)17)15-9-7(4)6(3)8(11)13-14-9/h5H,1-4H3,(H2,12,17)(H,14,15). The molecule has 94 valence electrons. The normalized spacial score (nSPS) is 10.5. The molecule has 0 spiro atoms. The predicted molar refractivity (Wildman–Crippen MR) is 73.9 cm³/mol. The maximum atomic E-state index is 5.88. The second-order valence-corrected chi connectivity index (χ2v) is 4.78. The fourth-order valence-electron chi connectivity index (χ4n) is 1.24. The molecule has 0 aliphatic heterocycles. The van der Waals surface area contributed by atoms with Crippen LogP contribution in [0.25, 0.3) is 0 Å². The molecule has 1 aromatic heterocycles. The number of nitrogens with zero attached hydrogens (tertiary/aromatic N) is 3. The molecule has 0 aliphatic rings. The first-order valence-electron chi connectivity index (χ1n) is 5.19. The Bertz CT molecular complexity index is 435. The Morgan fingerprint density at radius 3 is 2.41 bits per heavy atom. The Morgan fingerprint density at radius 1 is 1.35 bits per heavy atom. The lowest BCUT2D eigenvalue weighted by Gasteiger charge is -2.28. The van der Waals surface area contributed by atoms with Crippen molar-refractivity contribution >= 4 is 34.7 Å². The minimum atomic E-state index is 0.115. The number of halogens is 1. The first kappa shape index (κ1) is 13.9. The van der Waals surface area contributed by atoms with Crippen LogP contribution in [0.15, 0.2) is 0 Å². The van der Waals surface area contributed by atoms with Crippen molar-refractivity contribution in [2.24, 2.45) is 5.73 Å². The van der Waals surface area contributed by atoms with Crippen LogP contribution in [-0.4, -0.2) is 26.4 Å². The van der Waals surface area contributed by atoms with Gasteiger partial charge in [0.25, 0.3) is 0 Å². The molecule has 17 heavy (non-hydrogen) atoms. The summed E-state index contributed by atoms with van der Waals surface area (Å²) in [5, 5.41) is 10.2. The molecule has 1 heterocycles. The molecule has 0 atom stereocenters. The van der Waals surface area contributed by atoms with Crippen LogP contribution in [0, 0.1) is 13.8 Å². The molecule has 0 bridgehead atoms. The zero-order valence-electron chi connectivity index (χ0n) is 10.3. The molecule has 3 N–H and O–H groups in total. The van der Waals surface area contributed by atoms with Gasteiger partial charge in [-0.1, -0.05) is 11.6 Å². The third kappa shape index (κ3) is 3.17. The molecule has 0 saturated heterocycles. The highest BCUT2D eigenvalue weighted by Crippen LogP contribution is 2.21. The van der Waals surface area contributed by atoms with Crippen molar-refractivity contribution in [3.05, 3.63) is 16.3 Å². The number of rotatable bonds is 3. The summed E-state index contributed by atoms with van der Waals surface area (Å²) in [5.41, 5.74) is 10.5. The zero-order chi connectivity index (χ0) is 13.2. The van der Waals surface area contributed by atoms with Crippen LogP contribution in [0.4, 0.5) is 5.82 Å². The molecule has 0 fully saturated rings. The average molecular weight is 274 g/mol. The van der Waals surface area contributed by atoms with Crippen LogP contribution in [0.5, 0.6) is 0 Å². The highest BCUT2D eigenvalue weighted by atomic mass is 35.5. The van der Waals surface area contributed by atoms with E-state index in [4.69, 9.17) is 29.6 Å². The van der Waals surface area contributed by atoms with Crippen molar-refractivity contribution < 1.29 is 0 Å². The number of thiocarbonyl (C=S) groups is 1. The Labute approximate surface area is 111 Å². The number of aromatic nitrogens is 2. The van der Waals surface area contributed by atoms with Crippen molar-refractivity contribution in [1.82, 2.24) is 15.2 Å². The minimum absolute atomic E-state index is 0.115. The first-order chi connectivity index (χ1) is 7.84. The Morgan fingerprint density at radius 2 is 1.94 bits per heavy atom. The van der Waals surface area contributed by atoms with E-state index < -0.39 is 0 Å². The maximum absolute atomic E-state index is 5.88. The van der Waals surface area contributed by atoms with E-state index in [1.165, 1.54) is 0 Å². The molecule has 0 amide bonds. The second kappa shape index (κ2) is 5.46. The van der Waals surface area contributed by atoms with Crippen LogP contribution < -0.4 is 11.2 Å². The highest BCUT2D eigenvalue weighted by molar-refractivity contribution is 7.80. The van der Waals surface area contributed by atoms with E-state index >= 15 is 0 Å². The summed E-state index contributed by atoms with van der Waals surface area (Å²) in [4.78, 5) is 0. The average Bonchev–Trinajstić information content (AvgIpc) is 2.24. The molecule has 1 rings (SSSR count). The fraction of sp³-hybridized carbons (Fsp3) is 0.500. The molecular formula is C10H16ClN5S. The number of nitrogens with two attached hydrogens (primary N) is 1. The van der Waals surface area contributed by atoms with Gasteiger partial charge >= 0.3 is 0 Å². The number of hydrazine groups is 1. The van der Waals surface area contributed by atoms with Gasteiger partial charge in [-0.05, 0) is 45.5 Å². The molecule has 1 aromatic rings. The van der Waals surface area contributed by atoms with Gasteiger partial charge in [0.05, 0.1) is 0 Å². The van der Waals surface area contributed by atoms with Crippen LogP contribution in [0.2, 0.25) is 5.15 Å². The van der Waals surface area contributed by atoms with E-state index in [0.29, 0.717) is 11.0 Å². The van der Waals surface area contributed by atoms with Gasteiger partial charge in [-0.25, -0.2) is 0 Å². The Balaban J connectivity index is 3.02. The van der Waals surface area contributed by atoms with Crippen molar-refractivity contribution in [1.29, 1.82) is 0 Å². The second-order valence-electron chi connectivity index (χ2n) is 4.00. The van der Waals surface area contributed by atoms with Crippen molar-refractivity contribution in [3.8, 4) is 0 Å². The van der Waals surface area contributed by atoms with Crippen LogP contribution in [0.3, 0.4) is 0 Å². The molecule has 0 aliphatic carbocycles. The number of hydrogen-bond donors (Lipinski definition) is 2. The maximum Gasteiger partial charge on any atom is 0.185 e. The lowest BCUT2D eigenvalue weighted by atomic mass is 10.2. The zero-order valence-corrected chi connectivity index (χ0v) is 11.9. The molecule has 5 nitrogen and oxygen atoms in total. The largest absolute Gasteiger partial charge is 0.375 e. The van der Waals surface area contributed by atoms with Crippen molar-refractivity contribution in [2.45, 2.75) is 33.7 Å². The van der Waals surface area contributed by atoms with Gasteiger partial charge in [0.15, 0.2) is 16.1 Å². The van der Waals surface area contributed by atoms with Gasteiger partial charge in [-0.3, -0.25) is 10.4 Å². The Kier molecular flexibility index (Phi) is 4.47. The summed E-state index contributed by atoms with van der Waals surface area (Å²) >= 11 is 10.8. The van der Waals surface area contributed by atoms with Gasteiger partial charge in [0, 0.05) is 11.6 Å². The lowest BCUT2D eigenvalue weighted by molar-refractivity contribution is 0.411. The van der Waals surface area contributed by atoms with Gasteiger partial charge in [0.1, 0.15) is 0 Å². The minimum Gasteiger partial charge on any atom is -0.375 e. The number of hydrogen-bond acceptors (Lipinski definition) is 4. The summed E-state index contributed by atoms with van der Waals surface area (Å²) in [5.74, 6) is 0.605. The highest BCUT2D eigenvalue weighted by Gasteiger charge is 2.14. The first-order valence-corrected chi connectivity index (χ1v) is 5.98. The topological polar surface area (TPSA) is 67.1 Å². The predicted octanol–water partition coefficient (Wildman–Crippen LogP) is 2.03. The fourth-order valence-corrected chi connectivity index (χ4v) is 1.67. The third-order valence-corrected chi connectivity index (χ3v) is 3.00. The van der Waals surface area contributed by atoms with Crippen LogP contribution >= 0.6 is 23.8 Å². The Hall–Kier alpha value is -1.14. The van der Waals surface area contributed by atoms with E-state index in [0.717, 1.165) is 11.1 Å². The third-order valence-electron chi connectivity index (χ3n) is 2.45. The number of nitrogens with one attached hydrogen (secondary N) is 1. The van der Waals surface area contributed by atoms with E-state index in [1.807, 2.05) is 27.7 Å². The summed E-state index contributed by atoms with van der Waals surface area (Å²) in [6, 6.07) is 0.115. The SMILES string of the molecule is Cc1c(Cl)nnc(NN(C(N)=S)C(C)C)c1C. The van der Waals surface area contributed by atoms with Gasteiger partial charge in [-0.15, -0.1) is 10.2 Å². The molecular weight excluding hydrogens is 258 g/mol. The van der Waals surface area contributed by atoms with Crippen LogP contribution in [0.1, 0.15) is 25.0 Å². The molecule has 7 heteroatoms. The van der Waals surface area contributed by atoms with E-state index in [9.17, 15) is 0 Å². The molecule has 0 unspecified atom stereocenters. The summed E-state index contributed by atoms with van der Waals surface area (Å²) in [7, 11) is 0. The van der Waals surface area contributed by atoms with E-state index in [2.05, 4.69) is 15.6 Å². The van der Waals surface area contributed by atoms with E-state index in [1.54, 1.807) is 5.01 Å². The van der Waals surface area contributed by atoms with Gasteiger partial charge < -0.3 is 5.73 Å². The summed E-state index contributed by atoms with van der Waals surface area (Å²) in [6.07, 6.45) is 0. The smallest absolute Gasteiger partial charge is 0.185 e. The monoisotopic (exact) mass is 273 g/mol. The van der Waals surface area contributed by atoms with Crippen molar-refractivity contribution in [3.63, 3.8) is 0 Å². The van der Waals surface area contributed by atoms with Gasteiger partial charge in [0.2, 0.25) is 0 Å². The van der Waals surface area contributed by atoms with E-state index in [-0.39, 0.29) is 11.2 Å². The van der Waals surface area contributed by atoms with Crippen molar-refractivity contribution in [2.75, 3.05) is 5.43 Å². The molecule has 0 aromatic carbocycles. The van der Waals surface area contributed by atoms with Crippen LogP contribution in [-0.2, 0) is 0 Å². The molecule has 0 radical (unpaired) electrons. The quantitative estimate of drug-likeness (QED) is 0.649.